The highest BCUT2D eigenvalue weighted by molar-refractivity contribution is 5.52. The van der Waals surface area contributed by atoms with Crippen LogP contribution in [0.1, 0.15) is 17.5 Å². The van der Waals surface area contributed by atoms with E-state index in [1.165, 1.54) is 17.2 Å². The molecule has 2 heterocycles. The van der Waals surface area contributed by atoms with Gasteiger partial charge in [-0.2, -0.15) is 5.26 Å². The van der Waals surface area contributed by atoms with Crippen LogP contribution in [0.4, 0.5) is 5.82 Å². The average molecular weight is 339 g/mol. The van der Waals surface area contributed by atoms with Crippen LogP contribution < -0.4 is 16.6 Å². The van der Waals surface area contributed by atoms with Gasteiger partial charge < -0.3 is 5.32 Å². The monoisotopic (exact) mass is 339 g/mol. The standard InChI is InChI=1S/C18H21N5O2/c1-21-16(15(10-19)17(24)22(2)18(21)25)20-14-8-9-23(12-14)11-13-6-4-3-5-7-13/h3-7,14,20H,8-9,11-12H2,1-2H3/t14-/m1/s1. The molecule has 1 fully saturated rings. The third kappa shape index (κ3) is 3.35. The van der Waals surface area contributed by atoms with Crippen molar-refractivity contribution in [3.63, 3.8) is 0 Å². The van der Waals surface area contributed by atoms with Crippen molar-refractivity contribution in [3.05, 3.63) is 62.3 Å². The molecule has 1 aromatic carbocycles. The van der Waals surface area contributed by atoms with Gasteiger partial charge in [-0.15, -0.1) is 0 Å². The summed E-state index contributed by atoms with van der Waals surface area (Å²) in [7, 11) is 2.95. The number of hydrogen-bond donors (Lipinski definition) is 1. The highest BCUT2D eigenvalue weighted by Gasteiger charge is 2.25. The Kier molecular flexibility index (Phi) is 4.72. The molecule has 3 rings (SSSR count). The van der Waals surface area contributed by atoms with Crippen molar-refractivity contribution in [1.82, 2.24) is 14.0 Å². The fraction of sp³-hybridized carbons (Fsp3) is 0.389. The van der Waals surface area contributed by atoms with Crippen LogP contribution in [0.15, 0.2) is 39.9 Å². The molecule has 1 aromatic heterocycles. The van der Waals surface area contributed by atoms with Crippen molar-refractivity contribution in [2.24, 2.45) is 14.1 Å². The predicted molar refractivity (Wildman–Crippen MR) is 95.4 cm³/mol. The lowest BCUT2D eigenvalue weighted by atomic mass is 10.2. The number of anilines is 1. The molecule has 1 saturated heterocycles. The van der Waals surface area contributed by atoms with E-state index in [1.54, 1.807) is 7.05 Å². The first-order valence-electron chi connectivity index (χ1n) is 8.24. The van der Waals surface area contributed by atoms with Gasteiger partial charge in [0.25, 0.3) is 5.56 Å². The van der Waals surface area contributed by atoms with E-state index < -0.39 is 11.2 Å². The van der Waals surface area contributed by atoms with Gasteiger partial charge in [-0.05, 0) is 12.0 Å². The van der Waals surface area contributed by atoms with Crippen LogP contribution in [0.25, 0.3) is 0 Å². The van der Waals surface area contributed by atoms with Crippen LogP contribution in [-0.4, -0.2) is 33.2 Å². The highest BCUT2D eigenvalue weighted by atomic mass is 16.2. The molecule has 1 aliphatic heterocycles. The molecular formula is C18H21N5O2. The Morgan fingerprint density at radius 2 is 1.92 bits per heavy atom. The molecule has 0 bridgehead atoms. The van der Waals surface area contributed by atoms with Gasteiger partial charge in [0.2, 0.25) is 0 Å². The number of rotatable bonds is 4. The van der Waals surface area contributed by atoms with Gasteiger partial charge >= 0.3 is 5.69 Å². The maximum absolute atomic E-state index is 12.1. The fourth-order valence-corrected chi connectivity index (χ4v) is 3.24. The Morgan fingerprint density at radius 3 is 2.60 bits per heavy atom. The van der Waals surface area contributed by atoms with E-state index in [1.807, 2.05) is 24.3 Å². The molecule has 25 heavy (non-hydrogen) atoms. The van der Waals surface area contributed by atoms with Crippen LogP contribution in [0.2, 0.25) is 0 Å². The molecule has 130 valence electrons. The van der Waals surface area contributed by atoms with Crippen molar-refractivity contribution >= 4 is 5.82 Å². The molecule has 0 amide bonds. The normalized spacial score (nSPS) is 17.4. The third-order valence-electron chi connectivity index (χ3n) is 4.64. The van der Waals surface area contributed by atoms with Crippen molar-refractivity contribution in [1.29, 1.82) is 5.26 Å². The highest BCUT2D eigenvalue weighted by Crippen LogP contribution is 2.18. The first-order valence-corrected chi connectivity index (χ1v) is 8.24. The van der Waals surface area contributed by atoms with Crippen LogP contribution in [0.3, 0.4) is 0 Å². The van der Waals surface area contributed by atoms with E-state index in [-0.39, 0.29) is 11.6 Å². The number of likely N-dealkylation sites (tertiary alicyclic amines) is 1. The molecule has 0 radical (unpaired) electrons. The number of aromatic nitrogens is 2. The number of benzene rings is 1. The Hall–Kier alpha value is -2.85. The Balaban J connectivity index is 1.77. The van der Waals surface area contributed by atoms with Crippen LogP contribution in [0.5, 0.6) is 0 Å². The molecule has 0 aliphatic carbocycles. The zero-order valence-corrected chi connectivity index (χ0v) is 14.4. The van der Waals surface area contributed by atoms with Gasteiger partial charge in [-0.25, -0.2) is 4.79 Å². The summed E-state index contributed by atoms with van der Waals surface area (Å²) in [5.74, 6) is 0.308. The number of nitriles is 1. The van der Waals surface area contributed by atoms with Gasteiger partial charge in [0.15, 0.2) is 5.56 Å². The SMILES string of the molecule is Cn1c(N[C@@H]2CCN(Cc3ccccc3)C2)c(C#N)c(=O)n(C)c1=O. The second-order valence-electron chi connectivity index (χ2n) is 6.39. The third-order valence-corrected chi connectivity index (χ3v) is 4.64. The Labute approximate surface area is 145 Å². The maximum Gasteiger partial charge on any atom is 0.332 e. The van der Waals surface area contributed by atoms with E-state index in [0.717, 1.165) is 30.6 Å². The molecule has 0 spiro atoms. The van der Waals surface area contributed by atoms with Gasteiger partial charge in [-0.1, -0.05) is 30.3 Å². The molecule has 7 heteroatoms. The van der Waals surface area contributed by atoms with Gasteiger partial charge in [0.1, 0.15) is 11.9 Å². The summed E-state index contributed by atoms with van der Waals surface area (Å²) in [5, 5.41) is 12.6. The van der Waals surface area contributed by atoms with Gasteiger partial charge in [0.05, 0.1) is 0 Å². The summed E-state index contributed by atoms with van der Waals surface area (Å²) in [5.41, 5.74) is 0.228. The van der Waals surface area contributed by atoms with E-state index >= 15 is 0 Å². The Bertz CT molecular complexity index is 923. The lowest BCUT2D eigenvalue weighted by Crippen LogP contribution is -2.41. The van der Waals surface area contributed by atoms with E-state index in [0.29, 0.717) is 5.82 Å². The summed E-state index contributed by atoms with van der Waals surface area (Å²) in [6, 6.07) is 12.3. The minimum atomic E-state index is -0.563. The van der Waals surface area contributed by atoms with E-state index in [9.17, 15) is 14.9 Å². The number of nitrogens with zero attached hydrogens (tertiary/aromatic N) is 4. The number of nitrogens with one attached hydrogen (secondary N) is 1. The predicted octanol–water partition coefficient (Wildman–Crippen LogP) is 0.642. The topological polar surface area (TPSA) is 83.1 Å². The lowest BCUT2D eigenvalue weighted by molar-refractivity contribution is 0.328. The summed E-state index contributed by atoms with van der Waals surface area (Å²) < 4.78 is 2.29. The molecule has 1 atom stereocenters. The van der Waals surface area contributed by atoms with Crippen molar-refractivity contribution in [2.75, 3.05) is 18.4 Å². The maximum atomic E-state index is 12.1. The molecule has 0 unspecified atom stereocenters. The second-order valence-corrected chi connectivity index (χ2v) is 6.39. The number of hydrogen-bond acceptors (Lipinski definition) is 5. The minimum Gasteiger partial charge on any atom is -0.366 e. The minimum absolute atomic E-state index is 0.0221. The van der Waals surface area contributed by atoms with Crippen LogP contribution in [0, 0.1) is 11.3 Å². The average Bonchev–Trinajstić information content (AvgIpc) is 3.06. The first kappa shape index (κ1) is 17.0. The quantitative estimate of drug-likeness (QED) is 0.884. The molecule has 0 saturated carbocycles. The van der Waals surface area contributed by atoms with Crippen molar-refractivity contribution < 1.29 is 0 Å². The van der Waals surface area contributed by atoms with Crippen LogP contribution in [-0.2, 0) is 20.6 Å². The molecule has 1 N–H and O–H groups in total. The summed E-state index contributed by atoms with van der Waals surface area (Å²) in [4.78, 5) is 26.6. The summed E-state index contributed by atoms with van der Waals surface area (Å²) in [6.45, 7) is 2.58. The lowest BCUT2D eigenvalue weighted by Gasteiger charge is -2.19. The molecule has 2 aromatic rings. The molecule has 1 aliphatic rings. The summed E-state index contributed by atoms with van der Waals surface area (Å²) in [6.07, 6.45) is 0.890. The first-order chi connectivity index (χ1) is 12.0. The molecular weight excluding hydrogens is 318 g/mol. The molecule has 7 nitrogen and oxygen atoms in total. The second kappa shape index (κ2) is 6.95. The largest absolute Gasteiger partial charge is 0.366 e. The van der Waals surface area contributed by atoms with Crippen molar-refractivity contribution in [2.45, 2.75) is 19.0 Å². The van der Waals surface area contributed by atoms with Crippen molar-refractivity contribution in [3.8, 4) is 6.07 Å². The van der Waals surface area contributed by atoms with Crippen LogP contribution >= 0.6 is 0 Å². The van der Waals surface area contributed by atoms with E-state index in [4.69, 9.17) is 0 Å². The van der Waals surface area contributed by atoms with E-state index in [2.05, 4.69) is 22.3 Å². The smallest absolute Gasteiger partial charge is 0.332 e. The zero-order valence-electron chi connectivity index (χ0n) is 14.4. The van der Waals surface area contributed by atoms with Gasteiger partial charge in [-0.3, -0.25) is 18.8 Å². The summed E-state index contributed by atoms with van der Waals surface area (Å²) >= 11 is 0. The Morgan fingerprint density at radius 1 is 1.20 bits per heavy atom. The van der Waals surface area contributed by atoms with Gasteiger partial charge in [0, 0.05) is 39.8 Å². The zero-order chi connectivity index (χ0) is 18.0. The fourth-order valence-electron chi connectivity index (χ4n) is 3.24.